The quantitative estimate of drug-likeness (QED) is 0.863. The van der Waals surface area contributed by atoms with Crippen LogP contribution in [-0.4, -0.2) is 53.7 Å². The number of aryl methyl sites for hydroxylation is 1. The van der Waals surface area contributed by atoms with E-state index >= 15 is 0 Å². The van der Waals surface area contributed by atoms with E-state index in [1.165, 1.54) is 0 Å². The summed E-state index contributed by atoms with van der Waals surface area (Å²) in [5.41, 5.74) is 1.40. The van der Waals surface area contributed by atoms with Crippen molar-refractivity contribution in [1.82, 2.24) is 15.1 Å². The third-order valence-electron chi connectivity index (χ3n) is 2.90. The molecule has 5 nitrogen and oxygen atoms in total. The standard InChI is InChI=1S/C11H16BrN3O2.CH4/c1-8-10(12)11(14-13-8)9(16)2-3-15-4-6-17-7-5-15;/h2-7H2,1H3,(H,13,14);1H4. The zero-order valence-electron chi connectivity index (χ0n) is 9.83. The molecule has 0 radical (unpaired) electrons. The van der Waals surface area contributed by atoms with Gasteiger partial charge in [-0.15, -0.1) is 0 Å². The maximum Gasteiger partial charge on any atom is 0.185 e. The number of hydrogen-bond donors (Lipinski definition) is 1. The maximum absolute atomic E-state index is 12.0. The van der Waals surface area contributed by atoms with Gasteiger partial charge in [-0.3, -0.25) is 14.8 Å². The second-order valence-electron chi connectivity index (χ2n) is 4.14. The van der Waals surface area contributed by atoms with Gasteiger partial charge in [0.15, 0.2) is 5.78 Å². The molecule has 18 heavy (non-hydrogen) atoms. The summed E-state index contributed by atoms with van der Waals surface area (Å²) in [7, 11) is 0. The van der Waals surface area contributed by atoms with Crippen molar-refractivity contribution < 1.29 is 9.53 Å². The fourth-order valence-electron chi connectivity index (χ4n) is 1.80. The Morgan fingerprint density at radius 2 is 2.17 bits per heavy atom. The first-order chi connectivity index (χ1) is 8.18. The normalized spacial score (nSPS) is 16.3. The molecule has 0 bridgehead atoms. The van der Waals surface area contributed by atoms with Gasteiger partial charge in [0.05, 0.1) is 17.7 Å². The van der Waals surface area contributed by atoms with Gasteiger partial charge < -0.3 is 4.74 Å². The molecule has 0 aliphatic carbocycles. The highest BCUT2D eigenvalue weighted by atomic mass is 79.9. The van der Waals surface area contributed by atoms with E-state index in [2.05, 4.69) is 31.0 Å². The van der Waals surface area contributed by atoms with Crippen LogP contribution in [0.2, 0.25) is 0 Å². The first kappa shape index (κ1) is 15.3. The molecule has 6 heteroatoms. The van der Waals surface area contributed by atoms with Gasteiger partial charge in [-0.1, -0.05) is 7.43 Å². The van der Waals surface area contributed by atoms with Gasteiger partial charge in [-0.2, -0.15) is 5.10 Å². The lowest BCUT2D eigenvalue weighted by molar-refractivity contribution is 0.0369. The average Bonchev–Trinajstić information content (AvgIpc) is 2.69. The van der Waals surface area contributed by atoms with Crippen molar-refractivity contribution in [3.8, 4) is 0 Å². The highest BCUT2D eigenvalue weighted by molar-refractivity contribution is 9.10. The summed E-state index contributed by atoms with van der Waals surface area (Å²) in [4.78, 5) is 14.2. The van der Waals surface area contributed by atoms with E-state index in [1.807, 2.05) is 6.92 Å². The molecule has 1 aromatic rings. The van der Waals surface area contributed by atoms with Crippen LogP contribution in [0.5, 0.6) is 0 Å². The van der Waals surface area contributed by atoms with Crippen LogP contribution in [0.3, 0.4) is 0 Å². The highest BCUT2D eigenvalue weighted by Crippen LogP contribution is 2.19. The van der Waals surface area contributed by atoms with E-state index in [0.717, 1.165) is 43.0 Å². The van der Waals surface area contributed by atoms with Gasteiger partial charge in [0.2, 0.25) is 0 Å². The molecule has 2 heterocycles. The van der Waals surface area contributed by atoms with Crippen LogP contribution in [-0.2, 0) is 4.74 Å². The van der Waals surface area contributed by atoms with Gasteiger partial charge in [0.25, 0.3) is 0 Å². The summed E-state index contributed by atoms with van der Waals surface area (Å²) in [5.74, 6) is 0.0766. The molecular formula is C12H20BrN3O2. The molecule has 0 spiro atoms. The lowest BCUT2D eigenvalue weighted by Crippen LogP contribution is -2.37. The summed E-state index contributed by atoms with van der Waals surface area (Å²) in [6, 6.07) is 0. The molecule has 0 saturated carbocycles. The number of carbonyl (C=O) groups excluding carboxylic acids is 1. The molecule has 1 aliphatic heterocycles. The Kier molecular flexibility index (Phi) is 5.98. The first-order valence-electron chi connectivity index (χ1n) is 5.72. The smallest absolute Gasteiger partial charge is 0.185 e. The number of halogens is 1. The van der Waals surface area contributed by atoms with Crippen molar-refractivity contribution in [3.63, 3.8) is 0 Å². The molecular weight excluding hydrogens is 298 g/mol. The number of carbonyl (C=O) groups is 1. The monoisotopic (exact) mass is 317 g/mol. The van der Waals surface area contributed by atoms with Crippen LogP contribution < -0.4 is 0 Å². The molecule has 1 aliphatic rings. The fourth-order valence-corrected chi connectivity index (χ4v) is 2.20. The predicted octanol–water partition coefficient (Wildman–Crippen LogP) is 2.02. The van der Waals surface area contributed by atoms with Crippen molar-refractivity contribution >= 4 is 21.7 Å². The Hall–Kier alpha value is -0.720. The van der Waals surface area contributed by atoms with E-state index in [4.69, 9.17) is 4.74 Å². The van der Waals surface area contributed by atoms with E-state index < -0.39 is 0 Å². The highest BCUT2D eigenvalue weighted by Gasteiger charge is 2.17. The van der Waals surface area contributed by atoms with Crippen molar-refractivity contribution in [2.75, 3.05) is 32.8 Å². The lowest BCUT2D eigenvalue weighted by Gasteiger charge is -2.25. The molecule has 2 rings (SSSR count). The second-order valence-corrected chi connectivity index (χ2v) is 4.93. The molecule has 0 amide bonds. The van der Waals surface area contributed by atoms with Crippen LogP contribution in [0.4, 0.5) is 0 Å². The number of rotatable bonds is 4. The largest absolute Gasteiger partial charge is 0.379 e. The number of morpholine rings is 1. The van der Waals surface area contributed by atoms with E-state index in [-0.39, 0.29) is 13.2 Å². The zero-order valence-corrected chi connectivity index (χ0v) is 11.4. The van der Waals surface area contributed by atoms with Crippen LogP contribution in [0.25, 0.3) is 0 Å². The number of hydrogen-bond acceptors (Lipinski definition) is 4. The SMILES string of the molecule is C.Cc1[nH]nc(C(=O)CCN2CCOCC2)c1Br. The number of ether oxygens (including phenoxy) is 1. The molecule has 0 atom stereocenters. The number of nitrogens with zero attached hydrogens (tertiary/aromatic N) is 2. The summed E-state index contributed by atoms with van der Waals surface area (Å²) in [5, 5.41) is 6.82. The summed E-state index contributed by atoms with van der Waals surface area (Å²) in [6.07, 6.45) is 0.503. The third-order valence-corrected chi connectivity index (χ3v) is 3.87. The minimum Gasteiger partial charge on any atom is -0.379 e. The van der Waals surface area contributed by atoms with Crippen molar-refractivity contribution in [1.29, 1.82) is 0 Å². The topological polar surface area (TPSA) is 58.2 Å². The molecule has 1 fully saturated rings. The number of H-pyrrole nitrogens is 1. The minimum absolute atomic E-state index is 0. The van der Waals surface area contributed by atoms with Crippen LogP contribution in [0, 0.1) is 6.92 Å². The molecule has 1 aromatic heterocycles. The molecule has 1 N–H and O–H groups in total. The number of aromatic amines is 1. The lowest BCUT2D eigenvalue weighted by atomic mass is 10.2. The molecule has 1 saturated heterocycles. The van der Waals surface area contributed by atoms with Gasteiger partial charge >= 0.3 is 0 Å². The van der Waals surface area contributed by atoms with Gasteiger partial charge in [-0.05, 0) is 22.9 Å². The third kappa shape index (κ3) is 3.63. The van der Waals surface area contributed by atoms with E-state index in [1.54, 1.807) is 0 Å². The Bertz CT molecular complexity index is 400. The van der Waals surface area contributed by atoms with Crippen molar-refractivity contribution in [2.24, 2.45) is 0 Å². The van der Waals surface area contributed by atoms with Crippen molar-refractivity contribution in [3.05, 3.63) is 15.9 Å². The van der Waals surface area contributed by atoms with Crippen LogP contribution in [0.1, 0.15) is 30.0 Å². The summed E-state index contributed by atoms with van der Waals surface area (Å²) >= 11 is 3.37. The fraction of sp³-hybridized carbons (Fsp3) is 0.667. The predicted molar refractivity (Wildman–Crippen MR) is 74.0 cm³/mol. The average molecular weight is 318 g/mol. The number of nitrogens with one attached hydrogen (secondary N) is 1. The van der Waals surface area contributed by atoms with Gasteiger partial charge in [0.1, 0.15) is 5.69 Å². The van der Waals surface area contributed by atoms with Gasteiger partial charge in [0, 0.05) is 31.7 Å². The second kappa shape index (κ2) is 7.01. The summed E-state index contributed by atoms with van der Waals surface area (Å²) < 4.78 is 6.04. The Balaban J connectivity index is 0.00000162. The Labute approximate surface area is 116 Å². The van der Waals surface area contributed by atoms with E-state index in [0.29, 0.717) is 12.1 Å². The zero-order chi connectivity index (χ0) is 12.3. The Morgan fingerprint density at radius 3 is 2.72 bits per heavy atom. The van der Waals surface area contributed by atoms with Crippen LogP contribution in [0.15, 0.2) is 4.47 Å². The molecule has 102 valence electrons. The Morgan fingerprint density at radius 1 is 1.50 bits per heavy atom. The van der Waals surface area contributed by atoms with E-state index in [9.17, 15) is 4.79 Å². The molecule has 0 aromatic carbocycles. The van der Waals surface area contributed by atoms with Crippen molar-refractivity contribution in [2.45, 2.75) is 20.8 Å². The summed E-state index contributed by atoms with van der Waals surface area (Å²) in [6.45, 7) is 6.01. The molecule has 0 unspecified atom stereocenters. The number of aromatic nitrogens is 2. The first-order valence-corrected chi connectivity index (χ1v) is 6.51. The number of ketones is 1. The minimum atomic E-state index is 0. The number of Topliss-reactive ketones (excluding diaryl/α,β-unsaturated/α-hetero) is 1. The maximum atomic E-state index is 12.0. The van der Waals surface area contributed by atoms with Crippen LogP contribution >= 0.6 is 15.9 Å². The van der Waals surface area contributed by atoms with Gasteiger partial charge in [-0.25, -0.2) is 0 Å².